The summed E-state index contributed by atoms with van der Waals surface area (Å²) in [4.78, 5) is 13.1. The maximum atomic E-state index is 13.1. The van der Waals surface area contributed by atoms with Gasteiger partial charge in [0.2, 0.25) is 0 Å². The molecule has 0 saturated heterocycles. The monoisotopic (exact) mass is 439 g/mol. The Kier molecular flexibility index (Phi) is 6.02. The van der Waals surface area contributed by atoms with Crippen LogP contribution in [-0.2, 0) is 6.42 Å². The molecule has 3 aromatic carbocycles. The van der Waals surface area contributed by atoms with Gasteiger partial charge in [-0.2, -0.15) is 0 Å². The molecule has 0 radical (unpaired) electrons. The van der Waals surface area contributed by atoms with Gasteiger partial charge < -0.3 is 20.7 Å². The fourth-order valence-corrected chi connectivity index (χ4v) is 4.45. The zero-order chi connectivity index (χ0) is 22.0. The van der Waals surface area contributed by atoms with Crippen molar-refractivity contribution >= 4 is 31.5 Å². The first kappa shape index (κ1) is 21.4. The van der Waals surface area contributed by atoms with E-state index in [9.17, 15) is 19.4 Å². The van der Waals surface area contributed by atoms with Crippen molar-refractivity contribution in [1.82, 2.24) is 0 Å². The predicted molar refractivity (Wildman–Crippen MR) is 121 cm³/mol. The summed E-state index contributed by atoms with van der Waals surface area (Å²) in [6.07, 6.45) is 1.01. The number of hydrogen-bond donors (Lipinski definition) is 3. The van der Waals surface area contributed by atoms with Crippen LogP contribution in [0.25, 0.3) is 20.2 Å². The van der Waals surface area contributed by atoms with Crippen molar-refractivity contribution in [3.63, 3.8) is 0 Å². The Morgan fingerprint density at radius 2 is 1.61 bits per heavy atom. The molecule has 0 aliphatic rings. The number of nitrogens with two attached hydrogens (primary N) is 1. The van der Waals surface area contributed by atoms with Crippen LogP contribution < -0.4 is 15.9 Å². The van der Waals surface area contributed by atoms with Crippen molar-refractivity contribution in [2.75, 3.05) is 13.2 Å². The van der Waals surface area contributed by atoms with E-state index < -0.39 is 5.54 Å². The Morgan fingerprint density at radius 3 is 2.32 bits per heavy atom. The highest BCUT2D eigenvalue weighted by Crippen LogP contribution is 2.30. The Bertz CT molecular complexity index is 1280. The average Bonchev–Trinajstić information content (AvgIpc) is 2.79. The summed E-state index contributed by atoms with van der Waals surface area (Å²) in [5, 5.41) is 19.9. The minimum atomic E-state index is -1.02. The Morgan fingerprint density at radius 1 is 0.903 bits per heavy atom. The van der Waals surface area contributed by atoms with Gasteiger partial charge in [-0.1, -0.05) is 6.07 Å². The quantitative estimate of drug-likeness (QED) is 0.379. The zero-order valence-corrected chi connectivity index (χ0v) is 17.5. The van der Waals surface area contributed by atoms with Crippen LogP contribution >= 0.6 is 11.3 Å². The van der Waals surface area contributed by atoms with Gasteiger partial charge in [-0.25, -0.2) is 4.39 Å². The molecule has 31 heavy (non-hydrogen) atoms. The van der Waals surface area contributed by atoms with Crippen molar-refractivity contribution in [2.24, 2.45) is 5.73 Å². The molecule has 0 amide bonds. The van der Waals surface area contributed by atoms with Crippen LogP contribution in [0.2, 0.25) is 0 Å². The van der Waals surface area contributed by atoms with Crippen LogP contribution in [0.3, 0.4) is 0 Å². The summed E-state index contributed by atoms with van der Waals surface area (Å²) in [6, 6.07) is 16.7. The molecule has 0 unspecified atom stereocenters. The van der Waals surface area contributed by atoms with Crippen LogP contribution in [0.1, 0.15) is 12.0 Å². The minimum Gasteiger partial charge on any atom is -0.457 e. The lowest BCUT2D eigenvalue weighted by Crippen LogP contribution is -2.47. The van der Waals surface area contributed by atoms with E-state index in [1.54, 1.807) is 18.2 Å². The molecular formula is C24H22FNO4S. The molecule has 5 nitrogen and oxygen atoms in total. The number of hydrogen-bond acceptors (Lipinski definition) is 6. The molecule has 4 N–H and O–H groups in total. The van der Waals surface area contributed by atoms with Crippen LogP contribution in [0, 0.1) is 5.82 Å². The number of benzene rings is 3. The molecule has 0 atom stereocenters. The molecule has 0 saturated carbocycles. The van der Waals surface area contributed by atoms with Crippen molar-refractivity contribution in [2.45, 2.75) is 18.4 Å². The highest BCUT2D eigenvalue weighted by molar-refractivity contribution is 7.24. The fourth-order valence-electron chi connectivity index (χ4n) is 3.34. The summed E-state index contributed by atoms with van der Waals surface area (Å²) in [5.41, 5.74) is 5.83. The summed E-state index contributed by atoms with van der Waals surface area (Å²) in [5.74, 6) is 0.654. The second kappa shape index (κ2) is 8.72. The van der Waals surface area contributed by atoms with Crippen molar-refractivity contribution in [3.8, 4) is 11.5 Å². The molecule has 0 fully saturated rings. The van der Waals surface area contributed by atoms with E-state index in [0.29, 0.717) is 35.1 Å². The highest BCUT2D eigenvalue weighted by atomic mass is 32.1. The highest BCUT2D eigenvalue weighted by Gasteiger charge is 2.22. The van der Waals surface area contributed by atoms with Crippen molar-refractivity contribution < 1.29 is 19.3 Å². The first-order chi connectivity index (χ1) is 14.9. The second-order valence-corrected chi connectivity index (χ2v) is 8.74. The number of ether oxygens (including phenoxy) is 1. The molecule has 0 aliphatic carbocycles. The molecule has 1 aromatic heterocycles. The maximum Gasteiger partial charge on any atom is 0.196 e. The largest absolute Gasteiger partial charge is 0.457 e. The van der Waals surface area contributed by atoms with Crippen LogP contribution in [0.4, 0.5) is 4.39 Å². The Labute approximate surface area is 182 Å². The number of fused-ring (bicyclic) bond motifs is 2. The lowest BCUT2D eigenvalue weighted by molar-refractivity contribution is 0.115. The molecule has 7 heteroatoms. The molecule has 160 valence electrons. The maximum absolute atomic E-state index is 13.1. The van der Waals surface area contributed by atoms with Crippen molar-refractivity contribution in [3.05, 3.63) is 82.3 Å². The molecular weight excluding hydrogens is 417 g/mol. The van der Waals surface area contributed by atoms with E-state index in [0.717, 1.165) is 15.0 Å². The summed E-state index contributed by atoms with van der Waals surface area (Å²) < 4.78 is 20.5. The fraction of sp³-hybridized carbons (Fsp3) is 0.208. The molecule has 1 heterocycles. The first-order valence-electron chi connectivity index (χ1n) is 9.84. The third kappa shape index (κ3) is 4.60. The van der Waals surface area contributed by atoms with Gasteiger partial charge >= 0.3 is 0 Å². The smallest absolute Gasteiger partial charge is 0.196 e. The molecule has 0 aliphatic heterocycles. The summed E-state index contributed by atoms with van der Waals surface area (Å²) in [7, 11) is 0. The first-order valence-corrected chi connectivity index (χ1v) is 10.7. The SMILES string of the molecule is NC(CO)(CO)CCc1ccc2c(=O)c3cc(Oc4ccc(F)cc4)ccc3sc2c1. The summed E-state index contributed by atoms with van der Waals surface area (Å²) >= 11 is 1.51. The van der Waals surface area contributed by atoms with Gasteiger partial charge in [0, 0.05) is 20.2 Å². The molecule has 4 rings (SSSR count). The van der Waals surface area contributed by atoms with Gasteiger partial charge in [0.25, 0.3) is 0 Å². The minimum absolute atomic E-state index is 0.0845. The standard InChI is InChI=1S/C24H22FNO4S/c25-16-2-4-17(5-3-16)30-18-6-8-21-20(12-18)23(29)19-7-1-15(11-22(19)31-21)9-10-24(26,13-27)14-28/h1-8,11-12,27-28H,9-10,13-14,26H2. The van der Waals surface area contributed by atoms with E-state index in [1.165, 1.54) is 35.6 Å². The third-order valence-electron chi connectivity index (χ3n) is 5.30. The van der Waals surface area contributed by atoms with E-state index in [1.807, 2.05) is 18.2 Å². The number of rotatable bonds is 7. The van der Waals surface area contributed by atoms with Gasteiger partial charge in [0.1, 0.15) is 17.3 Å². The number of halogens is 1. The van der Waals surface area contributed by atoms with E-state index >= 15 is 0 Å². The van der Waals surface area contributed by atoms with Gasteiger partial charge in [-0.15, -0.1) is 11.3 Å². The third-order valence-corrected chi connectivity index (χ3v) is 6.43. The average molecular weight is 440 g/mol. The Balaban J connectivity index is 1.65. The Hall–Kier alpha value is -2.84. The van der Waals surface area contributed by atoms with Gasteiger partial charge in [0.15, 0.2) is 5.43 Å². The summed E-state index contributed by atoms with van der Waals surface area (Å²) in [6.45, 7) is -0.589. The van der Waals surface area contributed by atoms with E-state index in [4.69, 9.17) is 10.5 Å². The van der Waals surface area contributed by atoms with Gasteiger partial charge in [0.05, 0.1) is 18.8 Å². The van der Waals surface area contributed by atoms with Crippen LogP contribution in [0.15, 0.2) is 65.5 Å². The molecule has 0 bridgehead atoms. The van der Waals surface area contributed by atoms with E-state index in [2.05, 4.69) is 0 Å². The van der Waals surface area contributed by atoms with E-state index in [-0.39, 0.29) is 24.5 Å². The topological polar surface area (TPSA) is 92.8 Å². The normalized spacial score (nSPS) is 11.9. The van der Waals surface area contributed by atoms with Crippen molar-refractivity contribution in [1.29, 1.82) is 0 Å². The lowest BCUT2D eigenvalue weighted by atomic mass is 9.94. The second-order valence-electron chi connectivity index (χ2n) is 7.65. The van der Waals surface area contributed by atoms with Crippen LogP contribution in [0.5, 0.6) is 11.5 Å². The molecule has 0 spiro atoms. The number of aliphatic hydroxyl groups excluding tert-OH is 2. The van der Waals surface area contributed by atoms with Crippen LogP contribution in [-0.4, -0.2) is 29.0 Å². The molecule has 4 aromatic rings. The zero-order valence-electron chi connectivity index (χ0n) is 16.7. The number of aryl methyl sites for hydroxylation is 1. The van der Waals surface area contributed by atoms with Gasteiger partial charge in [-0.3, -0.25) is 4.79 Å². The number of aliphatic hydroxyl groups is 2. The predicted octanol–water partition coefficient (Wildman–Crippen LogP) is 3.96. The lowest BCUT2D eigenvalue weighted by Gasteiger charge is -2.24. The van der Waals surface area contributed by atoms with Gasteiger partial charge in [-0.05, 0) is 73.0 Å².